The number of hydrogen-bond acceptors (Lipinski definition) is 3. The van der Waals surface area contributed by atoms with Crippen LogP contribution in [0, 0.1) is 12.7 Å². The fourth-order valence-electron chi connectivity index (χ4n) is 1.78. The van der Waals surface area contributed by atoms with Gasteiger partial charge in [0.1, 0.15) is 17.3 Å². The van der Waals surface area contributed by atoms with Crippen molar-refractivity contribution in [3.63, 3.8) is 0 Å². The summed E-state index contributed by atoms with van der Waals surface area (Å²) in [6.45, 7) is 1.87. The molecule has 5 nitrogen and oxygen atoms in total. The van der Waals surface area contributed by atoms with E-state index >= 15 is 0 Å². The molecule has 0 saturated carbocycles. The zero-order valence-corrected chi connectivity index (χ0v) is 11.4. The number of carboxylic acid groups (broad SMARTS) is 1. The Bertz CT molecular complexity index is 674. The highest BCUT2D eigenvalue weighted by atomic mass is 19.1. The van der Waals surface area contributed by atoms with Gasteiger partial charge in [-0.15, -0.1) is 0 Å². The lowest BCUT2D eigenvalue weighted by atomic mass is 10.1. The second kappa shape index (κ2) is 6.13. The van der Waals surface area contributed by atoms with E-state index in [0.29, 0.717) is 22.7 Å². The number of amides is 1. The van der Waals surface area contributed by atoms with E-state index in [0.717, 1.165) is 5.56 Å². The van der Waals surface area contributed by atoms with Crippen molar-refractivity contribution in [3.8, 4) is 11.5 Å². The lowest BCUT2D eigenvalue weighted by Crippen LogP contribution is -2.20. The Morgan fingerprint density at radius 1 is 1.33 bits per heavy atom. The van der Waals surface area contributed by atoms with Crippen LogP contribution >= 0.6 is 0 Å². The van der Waals surface area contributed by atoms with Crippen molar-refractivity contribution in [2.24, 2.45) is 0 Å². The lowest BCUT2D eigenvalue weighted by Gasteiger charge is -2.12. The van der Waals surface area contributed by atoms with Crippen LogP contribution < -0.4 is 15.8 Å². The Morgan fingerprint density at radius 2 is 2.10 bits per heavy atom. The van der Waals surface area contributed by atoms with Gasteiger partial charge in [-0.25, -0.2) is 9.18 Å². The summed E-state index contributed by atoms with van der Waals surface area (Å²) in [5, 5.41) is 10.8. The quantitative estimate of drug-likeness (QED) is 0.754. The highest BCUT2D eigenvalue weighted by Crippen LogP contribution is 2.28. The van der Waals surface area contributed by atoms with Gasteiger partial charge in [-0.3, -0.25) is 0 Å². The molecule has 0 atom stereocenters. The molecule has 0 unspecified atom stereocenters. The summed E-state index contributed by atoms with van der Waals surface area (Å²) in [6, 6.07) is 9.14. The van der Waals surface area contributed by atoms with E-state index in [9.17, 15) is 9.18 Å². The molecule has 4 N–H and O–H groups in total. The van der Waals surface area contributed by atoms with Crippen molar-refractivity contribution in [1.29, 1.82) is 0 Å². The van der Waals surface area contributed by atoms with Crippen LogP contribution in [-0.4, -0.2) is 11.2 Å². The van der Waals surface area contributed by atoms with Crippen LogP contribution in [-0.2, 0) is 6.54 Å². The summed E-state index contributed by atoms with van der Waals surface area (Å²) in [7, 11) is 0. The predicted molar refractivity (Wildman–Crippen MR) is 76.9 cm³/mol. The number of nitrogens with two attached hydrogens (primary N) is 1. The van der Waals surface area contributed by atoms with Gasteiger partial charge in [0.15, 0.2) is 0 Å². The van der Waals surface area contributed by atoms with Gasteiger partial charge >= 0.3 is 6.09 Å². The average Bonchev–Trinajstić information content (AvgIpc) is 2.43. The second-order valence-electron chi connectivity index (χ2n) is 4.53. The Labute approximate surface area is 121 Å². The molecular weight excluding hydrogens is 275 g/mol. The Morgan fingerprint density at radius 3 is 2.81 bits per heavy atom. The number of nitrogen functional groups attached to an aromatic ring is 1. The molecule has 0 aliphatic carbocycles. The van der Waals surface area contributed by atoms with Gasteiger partial charge in [-0.1, -0.05) is 6.07 Å². The van der Waals surface area contributed by atoms with Crippen LogP contribution in [0.25, 0.3) is 0 Å². The number of nitrogens with one attached hydrogen (secondary N) is 1. The second-order valence-corrected chi connectivity index (χ2v) is 4.53. The molecule has 0 spiro atoms. The summed E-state index contributed by atoms with van der Waals surface area (Å²) in [6.07, 6.45) is -1.14. The fourth-order valence-corrected chi connectivity index (χ4v) is 1.78. The number of hydrogen-bond donors (Lipinski definition) is 3. The zero-order chi connectivity index (χ0) is 15.4. The van der Waals surface area contributed by atoms with Crippen molar-refractivity contribution < 1.29 is 19.0 Å². The fraction of sp³-hybridized carbons (Fsp3) is 0.133. The van der Waals surface area contributed by atoms with Gasteiger partial charge in [0.2, 0.25) is 0 Å². The van der Waals surface area contributed by atoms with Gasteiger partial charge in [0.05, 0.1) is 0 Å². The summed E-state index contributed by atoms with van der Waals surface area (Å²) >= 11 is 0. The molecule has 0 heterocycles. The Balaban J connectivity index is 2.22. The molecule has 1 amide bonds. The Kier molecular flexibility index (Phi) is 4.27. The highest BCUT2D eigenvalue weighted by Gasteiger charge is 2.07. The highest BCUT2D eigenvalue weighted by molar-refractivity contribution is 5.65. The molecule has 21 heavy (non-hydrogen) atoms. The van der Waals surface area contributed by atoms with Crippen molar-refractivity contribution in [2.75, 3.05) is 5.73 Å². The first kappa shape index (κ1) is 14.6. The number of benzene rings is 2. The largest absolute Gasteiger partial charge is 0.465 e. The third-order valence-corrected chi connectivity index (χ3v) is 2.92. The van der Waals surface area contributed by atoms with Crippen molar-refractivity contribution in [1.82, 2.24) is 5.32 Å². The van der Waals surface area contributed by atoms with Gasteiger partial charge in [0, 0.05) is 18.3 Å². The maximum absolute atomic E-state index is 13.2. The van der Waals surface area contributed by atoms with Crippen LogP contribution in [0.2, 0.25) is 0 Å². The first-order valence-electron chi connectivity index (χ1n) is 6.25. The predicted octanol–water partition coefficient (Wildman–Crippen LogP) is 3.28. The van der Waals surface area contributed by atoms with Crippen LogP contribution in [0.5, 0.6) is 11.5 Å². The molecule has 0 aromatic heterocycles. The molecule has 2 rings (SSSR count). The summed E-state index contributed by atoms with van der Waals surface area (Å²) in [5.41, 5.74) is 7.60. The molecule has 110 valence electrons. The summed E-state index contributed by atoms with van der Waals surface area (Å²) < 4.78 is 18.8. The normalized spacial score (nSPS) is 10.2. The summed E-state index contributed by atoms with van der Waals surface area (Å²) in [5.74, 6) is 0.468. The van der Waals surface area contributed by atoms with E-state index in [2.05, 4.69) is 5.32 Å². The number of anilines is 1. The molecule has 0 bridgehead atoms. The van der Waals surface area contributed by atoms with E-state index in [1.165, 1.54) is 12.1 Å². The number of ether oxygens (including phenoxy) is 1. The van der Waals surface area contributed by atoms with Gasteiger partial charge < -0.3 is 20.9 Å². The molecule has 0 aliphatic rings. The van der Waals surface area contributed by atoms with Crippen molar-refractivity contribution in [2.45, 2.75) is 13.5 Å². The zero-order valence-electron chi connectivity index (χ0n) is 11.4. The van der Waals surface area contributed by atoms with Crippen molar-refractivity contribution in [3.05, 3.63) is 53.3 Å². The van der Waals surface area contributed by atoms with Crippen molar-refractivity contribution >= 4 is 11.8 Å². The third-order valence-electron chi connectivity index (χ3n) is 2.92. The lowest BCUT2D eigenvalue weighted by molar-refractivity contribution is 0.194. The standard InChI is InChI=1S/C15H15FN2O3/c1-9-2-3-11(16)7-14(9)21-12-4-5-13(17)10(6-12)8-18-15(19)20/h2-7,18H,8,17H2,1H3,(H,19,20). The third kappa shape index (κ3) is 3.85. The van der Waals surface area contributed by atoms with E-state index in [4.69, 9.17) is 15.6 Å². The maximum atomic E-state index is 13.2. The average molecular weight is 290 g/mol. The topological polar surface area (TPSA) is 84.6 Å². The first-order valence-corrected chi connectivity index (χ1v) is 6.25. The smallest absolute Gasteiger partial charge is 0.404 e. The SMILES string of the molecule is Cc1ccc(F)cc1Oc1ccc(N)c(CNC(=O)O)c1. The van der Waals surface area contributed by atoms with E-state index in [-0.39, 0.29) is 12.4 Å². The minimum Gasteiger partial charge on any atom is -0.465 e. The maximum Gasteiger partial charge on any atom is 0.404 e. The number of rotatable bonds is 4. The van der Waals surface area contributed by atoms with Crippen LogP contribution in [0.4, 0.5) is 14.9 Å². The van der Waals surface area contributed by atoms with E-state index < -0.39 is 6.09 Å². The van der Waals surface area contributed by atoms with Gasteiger partial charge in [0.25, 0.3) is 0 Å². The minimum absolute atomic E-state index is 0.0699. The van der Waals surface area contributed by atoms with Crippen LogP contribution in [0.15, 0.2) is 36.4 Å². The number of halogens is 1. The van der Waals surface area contributed by atoms with Crippen LogP contribution in [0.3, 0.4) is 0 Å². The molecule has 0 fully saturated rings. The van der Waals surface area contributed by atoms with Gasteiger partial charge in [-0.2, -0.15) is 0 Å². The van der Waals surface area contributed by atoms with E-state index in [1.807, 2.05) is 0 Å². The van der Waals surface area contributed by atoms with Crippen LogP contribution in [0.1, 0.15) is 11.1 Å². The molecule has 2 aromatic carbocycles. The summed E-state index contributed by atoms with van der Waals surface area (Å²) in [4.78, 5) is 10.5. The number of aryl methyl sites for hydroxylation is 1. The molecule has 0 saturated heterocycles. The molecule has 0 aliphatic heterocycles. The molecule has 2 aromatic rings. The monoisotopic (exact) mass is 290 g/mol. The first-order chi connectivity index (χ1) is 9.95. The Hall–Kier alpha value is -2.76. The minimum atomic E-state index is -1.14. The van der Waals surface area contributed by atoms with Gasteiger partial charge in [-0.05, 0) is 42.3 Å². The molecule has 6 heteroatoms. The number of carbonyl (C=O) groups is 1. The van der Waals surface area contributed by atoms with E-state index in [1.54, 1.807) is 31.2 Å². The molecule has 0 radical (unpaired) electrons. The molecular formula is C15H15FN2O3.